The number of hydrogen-bond donors (Lipinski definition) is 2. The van der Waals surface area contributed by atoms with E-state index in [1.165, 1.54) is 31.2 Å². The van der Waals surface area contributed by atoms with E-state index in [0.29, 0.717) is 0 Å². The van der Waals surface area contributed by atoms with Gasteiger partial charge in [0.1, 0.15) is 0 Å². The fourth-order valence-corrected chi connectivity index (χ4v) is 2.25. The zero-order valence-electron chi connectivity index (χ0n) is 13.4. The van der Waals surface area contributed by atoms with Gasteiger partial charge in [0.15, 0.2) is 0 Å². The summed E-state index contributed by atoms with van der Waals surface area (Å²) in [6.07, 6.45) is -9.19. The quantitative estimate of drug-likeness (QED) is 0.731. The lowest BCUT2D eigenvalue weighted by Gasteiger charge is -2.15. The predicted octanol–water partition coefficient (Wildman–Crippen LogP) is 5.08. The van der Waals surface area contributed by atoms with Crippen LogP contribution in [-0.4, -0.2) is 12.5 Å². The number of alkyl halides is 6. The second kappa shape index (κ2) is 7.27. The molecule has 140 valence electrons. The second-order valence-corrected chi connectivity index (χ2v) is 5.47. The van der Waals surface area contributed by atoms with Crippen molar-refractivity contribution in [3.8, 4) is 0 Å². The number of amides is 1. The van der Waals surface area contributed by atoms with E-state index in [-0.39, 0.29) is 11.3 Å². The third kappa shape index (κ3) is 4.90. The van der Waals surface area contributed by atoms with Crippen molar-refractivity contribution in [1.29, 1.82) is 0 Å². The van der Waals surface area contributed by atoms with Crippen LogP contribution >= 0.6 is 0 Å². The Labute approximate surface area is 145 Å². The first-order valence-corrected chi connectivity index (χ1v) is 7.36. The predicted molar refractivity (Wildman–Crippen MR) is 84.7 cm³/mol. The lowest BCUT2D eigenvalue weighted by atomic mass is 10.1. The Morgan fingerprint density at radius 1 is 0.923 bits per heavy atom. The van der Waals surface area contributed by atoms with Crippen molar-refractivity contribution < 1.29 is 31.1 Å². The minimum atomic E-state index is -4.64. The highest BCUT2D eigenvalue weighted by molar-refractivity contribution is 5.94. The van der Waals surface area contributed by atoms with Gasteiger partial charge in [0.25, 0.3) is 0 Å². The van der Waals surface area contributed by atoms with Gasteiger partial charge in [0.2, 0.25) is 5.91 Å². The van der Waals surface area contributed by atoms with Gasteiger partial charge in [0, 0.05) is 5.69 Å². The highest BCUT2D eigenvalue weighted by atomic mass is 19.4. The Morgan fingerprint density at radius 3 is 2.15 bits per heavy atom. The van der Waals surface area contributed by atoms with Crippen LogP contribution < -0.4 is 10.6 Å². The van der Waals surface area contributed by atoms with E-state index >= 15 is 0 Å². The summed E-state index contributed by atoms with van der Waals surface area (Å²) >= 11 is 0. The average Bonchev–Trinajstić information content (AvgIpc) is 2.52. The minimum absolute atomic E-state index is 0.0200. The van der Waals surface area contributed by atoms with Gasteiger partial charge < -0.3 is 10.6 Å². The lowest BCUT2D eigenvalue weighted by molar-refractivity contribution is -0.138. The standard InChI is InChI=1S/C17H14F6N2O/c1-10-6-7-11(8-13(10)17(21,22)23)24-9-15(26)25-14-5-3-2-4-12(14)16(18,19)20/h2-8,24H,9H2,1H3,(H,25,26). The number of para-hydroxylation sites is 1. The molecule has 0 heterocycles. The van der Waals surface area contributed by atoms with Crippen molar-refractivity contribution in [3.63, 3.8) is 0 Å². The molecule has 0 spiro atoms. The maximum Gasteiger partial charge on any atom is 0.418 e. The smallest absolute Gasteiger partial charge is 0.376 e. The molecule has 3 nitrogen and oxygen atoms in total. The van der Waals surface area contributed by atoms with Gasteiger partial charge in [-0.25, -0.2) is 0 Å². The molecular formula is C17H14F6N2O. The van der Waals surface area contributed by atoms with Crippen molar-refractivity contribution >= 4 is 17.3 Å². The zero-order valence-corrected chi connectivity index (χ0v) is 13.4. The van der Waals surface area contributed by atoms with Crippen LogP contribution in [-0.2, 0) is 17.1 Å². The fourth-order valence-electron chi connectivity index (χ4n) is 2.25. The molecule has 0 fully saturated rings. The van der Waals surface area contributed by atoms with Crippen LogP contribution in [0.2, 0.25) is 0 Å². The molecule has 0 saturated heterocycles. The largest absolute Gasteiger partial charge is 0.418 e. The molecule has 1 amide bonds. The molecule has 0 aliphatic rings. The van der Waals surface area contributed by atoms with Gasteiger partial charge in [-0.2, -0.15) is 26.3 Å². The topological polar surface area (TPSA) is 41.1 Å². The van der Waals surface area contributed by atoms with E-state index in [1.54, 1.807) is 0 Å². The second-order valence-electron chi connectivity index (χ2n) is 5.47. The van der Waals surface area contributed by atoms with Crippen LogP contribution in [0.5, 0.6) is 0 Å². The third-order valence-electron chi connectivity index (χ3n) is 3.50. The summed E-state index contributed by atoms with van der Waals surface area (Å²) in [7, 11) is 0. The Balaban J connectivity index is 2.07. The number of hydrogen-bond acceptors (Lipinski definition) is 2. The summed E-state index contributed by atoms with van der Waals surface area (Å²) in [5.74, 6) is -0.823. The summed E-state index contributed by atoms with van der Waals surface area (Å²) in [6.45, 7) is 0.805. The zero-order chi connectivity index (χ0) is 19.5. The van der Waals surface area contributed by atoms with Gasteiger partial charge in [-0.05, 0) is 36.8 Å². The molecule has 2 aromatic rings. The van der Waals surface area contributed by atoms with Gasteiger partial charge in [-0.1, -0.05) is 18.2 Å². The highest BCUT2D eigenvalue weighted by Crippen LogP contribution is 2.35. The van der Waals surface area contributed by atoms with E-state index < -0.39 is 41.6 Å². The van der Waals surface area contributed by atoms with E-state index in [9.17, 15) is 31.1 Å². The number of carbonyl (C=O) groups excluding carboxylic acids is 1. The maximum absolute atomic E-state index is 12.9. The number of halogens is 6. The number of aryl methyl sites for hydroxylation is 1. The van der Waals surface area contributed by atoms with Crippen LogP contribution in [0.4, 0.5) is 37.7 Å². The maximum atomic E-state index is 12.9. The number of anilines is 2. The Morgan fingerprint density at radius 2 is 1.54 bits per heavy atom. The van der Waals surface area contributed by atoms with Crippen molar-refractivity contribution in [3.05, 3.63) is 59.2 Å². The molecule has 26 heavy (non-hydrogen) atoms. The van der Waals surface area contributed by atoms with E-state index in [2.05, 4.69) is 10.6 Å². The summed E-state index contributed by atoms with van der Waals surface area (Å²) in [5, 5.41) is 4.57. The summed E-state index contributed by atoms with van der Waals surface area (Å²) in [6, 6.07) is 7.85. The lowest BCUT2D eigenvalue weighted by Crippen LogP contribution is -2.23. The number of nitrogens with one attached hydrogen (secondary N) is 2. The molecule has 0 unspecified atom stereocenters. The van der Waals surface area contributed by atoms with Crippen LogP contribution in [0.15, 0.2) is 42.5 Å². The van der Waals surface area contributed by atoms with E-state index in [0.717, 1.165) is 18.2 Å². The molecule has 0 aromatic heterocycles. The molecule has 0 saturated carbocycles. The molecule has 0 aliphatic carbocycles. The molecule has 0 bridgehead atoms. The van der Waals surface area contributed by atoms with E-state index in [4.69, 9.17) is 0 Å². The fraction of sp³-hybridized carbons (Fsp3) is 0.235. The van der Waals surface area contributed by atoms with E-state index in [1.807, 2.05) is 0 Å². The molecule has 2 rings (SSSR count). The van der Waals surface area contributed by atoms with Crippen molar-refractivity contribution in [2.45, 2.75) is 19.3 Å². The van der Waals surface area contributed by atoms with Gasteiger partial charge in [-0.3, -0.25) is 4.79 Å². The summed E-state index contributed by atoms with van der Waals surface area (Å²) < 4.78 is 77.2. The first-order valence-electron chi connectivity index (χ1n) is 7.36. The number of benzene rings is 2. The SMILES string of the molecule is Cc1ccc(NCC(=O)Nc2ccccc2C(F)(F)F)cc1C(F)(F)F. The molecule has 0 radical (unpaired) electrons. The monoisotopic (exact) mass is 376 g/mol. The first-order chi connectivity index (χ1) is 12.0. The highest BCUT2D eigenvalue weighted by Gasteiger charge is 2.34. The van der Waals surface area contributed by atoms with Crippen molar-refractivity contribution in [2.24, 2.45) is 0 Å². The van der Waals surface area contributed by atoms with Crippen LogP contribution in [0.1, 0.15) is 16.7 Å². The van der Waals surface area contributed by atoms with Gasteiger partial charge >= 0.3 is 12.4 Å². The summed E-state index contributed by atoms with van der Waals surface area (Å²) in [4.78, 5) is 11.9. The van der Waals surface area contributed by atoms with Crippen LogP contribution in [0, 0.1) is 6.92 Å². The molecule has 2 N–H and O–H groups in total. The molecule has 0 aliphatic heterocycles. The molecule has 0 atom stereocenters. The number of rotatable bonds is 4. The molecule has 2 aromatic carbocycles. The van der Waals surface area contributed by atoms with Crippen LogP contribution in [0.3, 0.4) is 0 Å². The third-order valence-corrected chi connectivity index (χ3v) is 3.50. The Hall–Kier alpha value is -2.71. The van der Waals surface area contributed by atoms with Crippen LogP contribution in [0.25, 0.3) is 0 Å². The summed E-state index contributed by atoms with van der Waals surface area (Å²) in [5.41, 5.74) is -2.24. The Kier molecular flexibility index (Phi) is 5.48. The van der Waals surface area contributed by atoms with Gasteiger partial charge in [-0.15, -0.1) is 0 Å². The molecular weight excluding hydrogens is 362 g/mol. The number of carbonyl (C=O) groups is 1. The Bertz CT molecular complexity index is 799. The minimum Gasteiger partial charge on any atom is -0.376 e. The van der Waals surface area contributed by atoms with Crippen molar-refractivity contribution in [2.75, 3.05) is 17.2 Å². The van der Waals surface area contributed by atoms with Gasteiger partial charge in [0.05, 0.1) is 23.4 Å². The normalized spacial score (nSPS) is 12.0. The first kappa shape index (κ1) is 19.6. The average molecular weight is 376 g/mol. The van der Waals surface area contributed by atoms with Crippen molar-refractivity contribution in [1.82, 2.24) is 0 Å². The molecule has 9 heteroatoms.